The lowest BCUT2D eigenvalue weighted by Gasteiger charge is -2.37. The number of ether oxygens (including phenoxy) is 1. The number of nitro benzene ring substituents is 1. The van der Waals surface area contributed by atoms with E-state index in [1.54, 1.807) is 37.4 Å². The van der Waals surface area contributed by atoms with Crippen LogP contribution in [-0.4, -0.2) is 46.3 Å². The van der Waals surface area contributed by atoms with Crippen molar-refractivity contribution in [2.75, 3.05) is 24.6 Å². The number of hydrogen-bond acceptors (Lipinski definition) is 7. The second-order valence-electron chi connectivity index (χ2n) is 6.00. The Morgan fingerprint density at radius 3 is 2.76 bits per heavy atom. The third-order valence-corrected chi connectivity index (χ3v) is 4.50. The van der Waals surface area contributed by atoms with Crippen molar-refractivity contribution >= 4 is 28.2 Å². The zero-order valence-corrected chi connectivity index (χ0v) is 13.8. The molecule has 0 unspecified atom stereocenters. The zero-order valence-electron chi connectivity index (χ0n) is 13.8. The minimum absolute atomic E-state index is 0.00725. The standard InChI is InChI=1S/C17H19N3O5/c1-2-25-16(21)17(22)7-10-19(11-8-17)14-6-5-13-12(4-3-9-18-13)15(14)20(23)24/h3-6,9,22H,2,7-8,10-11H2,1H3. The van der Waals surface area contributed by atoms with E-state index in [0.29, 0.717) is 29.7 Å². The number of carbonyl (C=O) groups excluding carboxylic acids is 1. The van der Waals surface area contributed by atoms with Crippen LogP contribution in [0.4, 0.5) is 11.4 Å². The molecule has 0 amide bonds. The molecular formula is C17H19N3O5. The number of anilines is 1. The maximum Gasteiger partial charge on any atom is 0.338 e. The largest absolute Gasteiger partial charge is 0.464 e. The van der Waals surface area contributed by atoms with E-state index < -0.39 is 16.5 Å². The quantitative estimate of drug-likeness (QED) is 0.513. The van der Waals surface area contributed by atoms with E-state index in [1.165, 1.54) is 0 Å². The zero-order chi connectivity index (χ0) is 18.0. The Kier molecular flexibility index (Phi) is 4.54. The maximum absolute atomic E-state index is 11.9. The average Bonchev–Trinajstić information content (AvgIpc) is 2.61. The molecule has 1 aromatic heterocycles. The molecule has 25 heavy (non-hydrogen) atoms. The van der Waals surface area contributed by atoms with Gasteiger partial charge in [0.25, 0.3) is 0 Å². The fourth-order valence-electron chi connectivity index (χ4n) is 3.16. The molecule has 0 aliphatic carbocycles. The van der Waals surface area contributed by atoms with Crippen LogP contribution in [0.2, 0.25) is 0 Å². The summed E-state index contributed by atoms with van der Waals surface area (Å²) in [6.45, 7) is 2.53. The number of piperidine rings is 1. The summed E-state index contributed by atoms with van der Waals surface area (Å²) >= 11 is 0. The molecule has 1 fully saturated rings. The van der Waals surface area contributed by atoms with Crippen LogP contribution in [0.1, 0.15) is 19.8 Å². The number of benzene rings is 1. The molecule has 2 heterocycles. The van der Waals surface area contributed by atoms with Crippen molar-refractivity contribution in [3.8, 4) is 0 Å². The summed E-state index contributed by atoms with van der Waals surface area (Å²) in [6, 6.07) is 6.74. The van der Waals surface area contributed by atoms with Gasteiger partial charge in [-0.2, -0.15) is 0 Å². The molecule has 0 bridgehead atoms. The minimum atomic E-state index is -1.53. The molecule has 0 spiro atoms. The summed E-state index contributed by atoms with van der Waals surface area (Å²) in [5.41, 5.74) is -0.513. The topological polar surface area (TPSA) is 106 Å². The number of nitro groups is 1. The highest BCUT2D eigenvalue weighted by Crippen LogP contribution is 2.37. The first-order valence-electron chi connectivity index (χ1n) is 8.13. The highest BCUT2D eigenvalue weighted by Gasteiger charge is 2.41. The number of pyridine rings is 1. The molecule has 1 aromatic carbocycles. The molecule has 132 valence electrons. The number of rotatable bonds is 4. The maximum atomic E-state index is 11.9. The highest BCUT2D eigenvalue weighted by atomic mass is 16.6. The number of aromatic nitrogens is 1. The van der Waals surface area contributed by atoms with Crippen molar-refractivity contribution in [3.05, 3.63) is 40.6 Å². The summed E-state index contributed by atoms with van der Waals surface area (Å²) < 4.78 is 4.92. The molecule has 1 saturated heterocycles. The van der Waals surface area contributed by atoms with Gasteiger partial charge in [0.1, 0.15) is 5.69 Å². The van der Waals surface area contributed by atoms with Gasteiger partial charge in [-0.1, -0.05) is 0 Å². The van der Waals surface area contributed by atoms with Gasteiger partial charge in [-0.25, -0.2) is 4.79 Å². The SMILES string of the molecule is CCOC(=O)C1(O)CCN(c2ccc3ncccc3c2[N+](=O)[O-])CC1. The van der Waals surface area contributed by atoms with Gasteiger partial charge in [0.15, 0.2) is 5.60 Å². The molecule has 8 nitrogen and oxygen atoms in total. The monoisotopic (exact) mass is 345 g/mol. The van der Waals surface area contributed by atoms with Gasteiger partial charge in [-0.05, 0) is 31.2 Å². The molecule has 2 aromatic rings. The van der Waals surface area contributed by atoms with E-state index in [-0.39, 0.29) is 25.1 Å². The van der Waals surface area contributed by atoms with Crippen LogP contribution in [0, 0.1) is 10.1 Å². The minimum Gasteiger partial charge on any atom is -0.464 e. The van der Waals surface area contributed by atoms with Crippen molar-refractivity contribution in [3.63, 3.8) is 0 Å². The number of esters is 1. The van der Waals surface area contributed by atoms with Crippen LogP contribution in [0.5, 0.6) is 0 Å². The van der Waals surface area contributed by atoms with E-state index in [4.69, 9.17) is 4.74 Å². The Hall–Kier alpha value is -2.74. The normalized spacial score (nSPS) is 16.6. The lowest BCUT2D eigenvalue weighted by molar-refractivity contribution is -0.382. The van der Waals surface area contributed by atoms with Gasteiger partial charge >= 0.3 is 11.7 Å². The first-order chi connectivity index (χ1) is 12.0. The first-order valence-corrected chi connectivity index (χ1v) is 8.13. The van der Waals surface area contributed by atoms with Crippen molar-refractivity contribution in [2.45, 2.75) is 25.4 Å². The lowest BCUT2D eigenvalue weighted by Crippen LogP contribution is -2.50. The summed E-state index contributed by atoms with van der Waals surface area (Å²) in [4.78, 5) is 29.1. The fraction of sp³-hybridized carbons (Fsp3) is 0.412. The Bertz CT molecular complexity index is 815. The van der Waals surface area contributed by atoms with E-state index in [1.807, 2.05) is 4.90 Å². The summed E-state index contributed by atoms with van der Waals surface area (Å²) in [5, 5.41) is 22.5. The van der Waals surface area contributed by atoms with Gasteiger partial charge in [0.05, 0.1) is 22.4 Å². The number of nitrogens with zero attached hydrogens (tertiary/aromatic N) is 3. The summed E-state index contributed by atoms with van der Waals surface area (Å²) in [5.74, 6) is -0.633. The molecule has 0 saturated carbocycles. The highest BCUT2D eigenvalue weighted by molar-refractivity contribution is 5.94. The molecule has 0 radical (unpaired) electrons. The van der Waals surface area contributed by atoms with Crippen molar-refractivity contribution < 1.29 is 19.6 Å². The molecular weight excluding hydrogens is 326 g/mol. The van der Waals surface area contributed by atoms with Gasteiger partial charge in [0, 0.05) is 32.1 Å². The number of hydrogen-bond donors (Lipinski definition) is 1. The lowest BCUT2D eigenvalue weighted by atomic mass is 9.91. The van der Waals surface area contributed by atoms with Gasteiger partial charge in [-0.15, -0.1) is 0 Å². The van der Waals surface area contributed by atoms with Gasteiger partial charge in [0.2, 0.25) is 0 Å². The van der Waals surface area contributed by atoms with Crippen molar-refractivity contribution in [1.82, 2.24) is 4.98 Å². The third-order valence-electron chi connectivity index (χ3n) is 4.50. The van der Waals surface area contributed by atoms with Crippen molar-refractivity contribution in [2.24, 2.45) is 0 Å². The Balaban J connectivity index is 1.90. The Morgan fingerprint density at radius 1 is 1.40 bits per heavy atom. The van der Waals surface area contributed by atoms with Crippen LogP contribution in [0.25, 0.3) is 10.9 Å². The number of aliphatic hydroxyl groups is 1. The average molecular weight is 345 g/mol. The predicted octanol–water partition coefficient (Wildman–Crippen LogP) is 2.04. The van der Waals surface area contributed by atoms with Gasteiger partial charge in [-0.3, -0.25) is 15.1 Å². The van der Waals surface area contributed by atoms with E-state index in [2.05, 4.69) is 4.98 Å². The molecule has 8 heteroatoms. The molecule has 1 aliphatic rings. The molecule has 1 aliphatic heterocycles. The number of carbonyl (C=O) groups is 1. The number of fused-ring (bicyclic) bond motifs is 1. The Morgan fingerprint density at radius 2 is 2.12 bits per heavy atom. The van der Waals surface area contributed by atoms with Crippen molar-refractivity contribution in [1.29, 1.82) is 0 Å². The second kappa shape index (κ2) is 6.64. The Labute approximate surface area is 144 Å². The van der Waals surface area contributed by atoms with Crippen LogP contribution in [0.3, 0.4) is 0 Å². The first kappa shape index (κ1) is 17.1. The van der Waals surface area contributed by atoms with Crippen LogP contribution >= 0.6 is 0 Å². The van der Waals surface area contributed by atoms with Crippen LogP contribution in [0.15, 0.2) is 30.5 Å². The van der Waals surface area contributed by atoms with Gasteiger partial charge < -0.3 is 14.7 Å². The smallest absolute Gasteiger partial charge is 0.338 e. The third kappa shape index (κ3) is 3.12. The van der Waals surface area contributed by atoms with Crippen LogP contribution < -0.4 is 4.90 Å². The molecule has 0 atom stereocenters. The molecule has 1 N–H and O–H groups in total. The summed E-state index contributed by atoms with van der Waals surface area (Å²) in [7, 11) is 0. The van der Waals surface area contributed by atoms with Crippen LogP contribution in [-0.2, 0) is 9.53 Å². The summed E-state index contributed by atoms with van der Waals surface area (Å²) in [6.07, 6.45) is 1.91. The predicted molar refractivity (Wildman–Crippen MR) is 91.4 cm³/mol. The van der Waals surface area contributed by atoms with E-state index in [9.17, 15) is 20.0 Å². The van der Waals surface area contributed by atoms with E-state index >= 15 is 0 Å². The second-order valence-corrected chi connectivity index (χ2v) is 6.00. The fourth-order valence-corrected chi connectivity index (χ4v) is 3.16. The van der Waals surface area contributed by atoms with E-state index in [0.717, 1.165) is 0 Å². The molecule has 3 rings (SSSR count).